The molecule has 3 aromatic heterocycles. The number of hydrogen-bond donors (Lipinski definition) is 2. The quantitative estimate of drug-likeness (QED) is 0.460. The zero-order valence-corrected chi connectivity index (χ0v) is 18.2. The molecule has 1 fully saturated rings. The number of nitrogens with zero attached hydrogens (tertiary/aromatic N) is 6. The first-order chi connectivity index (χ1) is 15.6. The highest BCUT2D eigenvalue weighted by atomic mass is 35.5. The van der Waals surface area contributed by atoms with Crippen LogP contribution in [0.5, 0.6) is 0 Å². The number of fused-ring (bicyclic) bond motifs is 1. The maximum atomic E-state index is 9.11. The van der Waals surface area contributed by atoms with Gasteiger partial charge in [-0.15, -0.1) is 0 Å². The number of H-pyrrole nitrogens is 1. The van der Waals surface area contributed by atoms with Gasteiger partial charge in [0.05, 0.1) is 46.0 Å². The highest BCUT2D eigenvalue weighted by Gasteiger charge is 2.17. The Kier molecular flexibility index (Phi) is 5.49. The Labute approximate surface area is 193 Å². The van der Waals surface area contributed by atoms with Gasteiger partial charge in [0.25, 0.3) is 0 Å². The van der Waals surface area contributed by atoms with Gasteiger partial charge in [-0.25, -0.2) is 19.9 Å². The summed E-state index contributed by atoms with van der Waals surface area (Å²) in [4.78, 5) is 23.1. The summed E-state index contributed by atoms with van der Waals surface area (Å²) in [6.07, 6.45) is 3.17. The Hall–Kier alpha value is -3.45. The van der Waals surface area contributed by atoms with Crippen molar-refractivity contribution in [3.63, 3.8) is 0 Å². The molecule has 0 aliphatic carbocycles. The van der Waals surface area contributed by atoms with Crippen LogP contribution in [0.1, 0.15) is 5.56 Å². The number of nitrogens with one attached hydrogen (secondary N) is 2. The van der Waals surface area contributed by atoms with E-state index in [1.165, 1.54) is 6.33 Å². The van der Waals surface area contributed by atoms with E-state index in [0.717, 1.165) is 18.9 Å². The van der Waals surface area contributed by atoms with E-state index in [1.54, 1.807) is 24.4 Å². The average molecular weight is 467 g/mol. The normalized spacial score (nSPS) is 13.8. The largest absolute Gasteiger partial charge is 0.378 e. The minimum absolute atomic E-state index is 0.335. The summed E-state index contributed by atoms with van der Waals surface area (Å²) < 4.78 is 5.41. The predicted octanol–water partition coefficient (Wildman–Crippen LogP) is 4.17. The van der Waals surface area contributed by atoms with Crippen LogP contribution < -0.4 is 10.2 Å². The van der Waals surface area contributed by atoms with Crippen molar-refractivity contribution in [1.82, 2.24) is 24.9 Å². The standard InChI is InChI=1S/C21H16Cl2N8O/c22-13-7-12(10-24)8-14(23)18(13)20-28-15-1-2-25-21(19(15)30-20)29-16-9-17(27-11-26-16)31-3-5-32-6-4-31/h1-2,7-9,11H,3-6H2,(H,28,30)(H,25,26,27,29). The molecule has 0 amide bonds. The minimum Gasteiger partial charge on any atom is -0.378 e. The van der Waals surface area contributed by atoms with Gasteiger partial charge < -0.3 is 19.9 Å². The van der Waals surface area contributed by atoms with Crippen molar-refractivity contribution in [3.8, 4) is 17.5 Å². The summed E-state index contributed by atoms with van der Waals surface area (Å²) in [7, 11) is 0. The first-order valence-corrected chi connectivity index (χ1v) is 10.5. The third-order valence-electron chi connectivity index (χ3n) is 5.05. The monoisotopic (exact) mass is 466 g/mol. The Bertz CT molecular complexity index is 1320. The fourth-order valence-corrected chi connectivity index (χ4v) is 4.18. The number of benzene rings is 1. The van der Waals surface area contributed by atoms with Crippen molar-refractivity contribution in [2.45, 2.75) is 0 Å². The van der Waals surface area contributed by atoms with Crippen molar-refractivity contribution in [1.29, 1.82) is 5.26 Å². The Morgan fingerprint density at radius 1 is 1.09 bits per heavy atom. The molecular formula is C21H16Cl2N8O. The van der Waals surface area contributed by atoms with Gasteiger partial charge in [0.15, 0.2) is 5.82 Å². The van der Waals surface area contributed by atoms with Gasteiger partial charge in [-0.3, -0.25) is 0 Å². The molecule has 11 heteroatoms. The molecule has 5 rings (SSSR count). The zero-order valence-electron chi connectivity index (χ0n) is 16.6. The lowest BCUT2D eigenvalue weighted by Crippen LogP contribution is -2.36. The van der Waals surface area contributed by atoms with Gasteiger partial charge in [0, 0.05) is 25.4 Å². The first kappa shape index (κ1) is 20.5. The Morgan fingerprint density at radius 2 is 1.88 bits per heavy atom. The van der Waals surface area contributed by atoms with E-state index in [9.17, 15) is 0 Å². The van der Waals surface area contributed by atoms with Crippen LogP contribution >= 0.6 is 23.2 Å². The van der Waals surface area contributed by atoms with Crippen LogP contribution in [0.15, 0.2) is 36.8 Å². The number of ether oxygens (including phenoxy) is 1. The van der Waals surface area contributed by atoms with E-state index in [4.69, 9.17) is 33.2 Å². The third kappa shape index (κ3) is 3.91. The van der Waals surface area contributed by atoms with Crippen molar-refractivity contribution >= 4 is 51.7 Å². The molecule has 9 nitrogen and oxygen atoms in total. The number of imidazole rings is 1. The van der Waals surface area contributed by atoms with Gasteiger partial charge in [0.1, 0.15) is 29.3 Å². The second-order valence-electron chi connectivity index (χ2n) is 7.05. The van der Waals surface area contributed by atoms with Crippen LogP contribution in [0.3, 0.4) is 0 Å². The molecule has 4 aromatic rings. The fraction of sp³-hybridized carbons (Fsp3) is 0.190. The number of halogens is 2. The second kappa shape index (κ2) is 8.59. The molecule has 0 unspecified atom stereocenters. The molecule has 0 radical (unpaired) electrons. The van der Waals surface area contributed by atoms with Crippen molar-refractivity contribution in [2.75, 3.05) is 36.5 Å². The van der Waals surface area contributed by atoms with E-state index in [-0.39, 0.29) is 0 Å². The number of rotatable bonds is 4. The van der Waals surface area contributed by atoms with Crippen LogP contribution in [0.2, 0.25) is 10.0 Å². The zero-order chi connectivity index (χ0) is 22.1. The lowest BCUT2D eigenvalue weighted by atomic mass is 10.1. The van der Waals surface area contributed by atoms with Crippen LogP contribution in [0.25, 0.3) is 22.4 Å². The molecule has 2 N–H and O–H groups in total. The molecule has 1 aromatic carbocycles. The smallest absolute Gasteiger partial charge is 0.157 e. The number of hydrogen-bond acceptors (Lipinski definition) is 8. The number of morpholine rings is 1. The van der Waals surface area contributed by atoms with Gasteiger partial charge in [-0.1, -0.05) is 23.2 Å². The highest BCUT2D eigenvalue weighted by molar-refractivity contribution is 6.39. The summed E-state index contributed by atoms with van der Waals surface area (Å²) in [5.74, 6) is 2.45. The summed E-state index contributed by atoms with van der Waals surface area (Å²) in [5, 5.41) is 13.0. The molecule has 1 aliphatic rings. The minimum atomic E-state index is 0.335. The number of anilines is 3. The number of aromatic amines is 1. The van der Waals surface area contributed by atoms with Crippen LogP contribution in [-0.2, 0) is 4.74 Å². The summed E-state index contributed by atoms with van der Waals surface area (Å²) in [5.41, 5.74) is 2.25. The molecule has 1 saturated heterocycles. The predicted molar refractivity (Wildman–Crippen MR) is 122 cm³/mol. The van der Waals surface area contributed by atoms with Gasteiger partial charge in [-0.2, -0.15) is 5.26 Å². The SMILES string of the molecule is N#Cc1cc(Cl)c(-c2nc3ccnc(Nc4cc(N5CCOCC5)ncn4)c3[nH]2)c(Cl)c1. The Morgan fingerprint density at radius 3 is 2.62 bits per heavy atom. The fourth-order valence-electron chi connectivity index (χ4n) is 3.51. The van der Waals surface area contributed by atoms with E-state index in [0.29, 0.717) is 62.9 Å². The topological polar surface area (TPSA) is 116 Å². The first-order valence-electron chi connectivity index (χ1n) is 9.78. The lowest BCUT2D eigenvalue weighted by molar-refractivity contribution is 0.122. The molecule has 0 saturated carbocycles. The molecular weight excluding hydrogens is 451 g/mol. The molecule has 0 spiro atoms. The Balaban J connectivity index is 1.49. The van der Waals surface area contributed by atoms with Crippen LogP contribution in [-0.4, -0.2) is 51.2 Å². The van der Waals surface area contributed by atoms with E-state index in [2.05, 4.69) is 35.1 Å². The van der Waals surface area contributed by atoms with Crippen molar-refractivity contribution in [2.24, 2.45) is 0 Å². The molecule has 0 bridgehead atoms. The molecule has 1 aliphatic heterocycles. The van der Waals surface area contributed by atoms with Crippen molar-refractivity contribution < 1.29 is 4.74 Å². The number of nitriles is 1. The maximum absolute atomic E-state index is 9.11. The average Bonchev–Trinajstić information content (AvgIpc) is 3.24. The van der Waals surface area contributed by atoms with E-state index >= 15 is 0 Å². The summed E-state index contributed by atoms with van der Waals surface area (Å²) in [6.45, 7) is 2.90. The summed E-state index contributed by atoms with van der Waals surface area (Å²) in [6, 6.07) is 8.81. The van der Waals surface area contributed by atoms with E-state index in [1.807, 2.05) is 12.1 Å². The maximum Gasteiger partial charge on any atom is 0.157 e. The van der Waals surface area contributed by atoms with Gasteiger partial charge in [-0.05, 0) is 18.2 Å². The number of aromatic nitrogens is 5. The molecule has 0 atom stereocenters. The lowest BCUT2D eigenvalue weighted by Gasteiger charge is -2.27. The van der Waals surface area contributed by atoms with Gasteiger partial charge >= 0.3 is 0 Å². The van der Waals surface area contributed by atoms with E-state index < -0.39 is 0 Å². The second-order valence-corrected chi connectivity index (χ2v) is 7.87. The van der Waals surface area contributed by atoms with Gasteiger partial charge in [0.2, 0.25) is 0 Å². The molecule has 160 valence electrons. The molecule has 4 heterocycles. The van der Waals surface area contributed by atoms with Crippen LogP contribution in [0.4, 0.5) is 17.5 Å². The molecule has 32 heavy (non-hydrogen) atoms. The van der Waals surface area contributed by atoms with Crippen molar-refractivity contribution in [3.05, 3.63) is 52.4 Å². The number of pyridine rings is 1. The highest BCUT2D eigenvalue weighted by Crippen LogP contribution is 2.36. The third-order valence-corrected chi connectivity index (χ3v) is 5.64. The van der Waals surface area contributed by atoms with Crippen LogP contribution in [0, 0.1) is 11.3 Å². The summed E-state index contributed by atoms with van der Waals surface area (Å²) >= 11 is 12.8.